The van der Waals surface area contributed by atoms with E-state index in [4.69, 9.17) is 4.42 Å². The van der Waals surface area contributed by atoms with Crippen LogP contribution in [0.2, 0.25) is 0 Å². The lowest BCUT2D eigenvalue weighted by atomic mass is 10.1. The van der Waals surface area contributed by atoms with Gasteiger partial charge in [0.25, 0.3) is 11.8 Å². The van der Waals surface area contributed by atoms with Crippen LogP contribution in [0.25, 0.3) is 27.9 Å². The number of carbonyl (C=O) groups is 2. The summed E-state index contributed by atoms with van der Waals surface area (Å²) >= 11 is 0. The molecule has 0 spiro atoms. The molecule has 0 atom stereocenters. The first-order chi connectivity index (χ1) is 17.0. The van der Waals surface area contributed by atoms with Gasteiger partial charge in [-0.25, -0.2) is 0 Å². The fraction of sp³-hybridized carbons (Fsp3) is 0.103. The van der Waals surface area contributed by atoms with E-state index in [9.17, 15) is 9.59 Å². The van der Waals surface area contributed by atoms with Crippen LogP contribution in [0.3, 0.4) is 0 Å². The van der Waals surface area contributed by atoms with E-state index < -0.39 is 5.91 Å². The third kappa shape index (κ3) is 4.46. The van der Waals surface area contributed by atoms with Gasteiger partial charge in [0.05, 0.1) is 6.26 Å². The Hall–Kier alpha value is -4.58. The molecule has 0 aliphatic heterocycles. The fourth-order valence-electron chi connectivity index (χ4n) is 4.24. The molecule has 3 aromatic carbocycles. The minimum atomic E-state index is -0.444. The number of hydrogen-bond acceptors (Lipinski definition) is 3. The Labute approximate surface area is 202 Å². The first-order valence-electron chi connectivity index (χ1n) is 11.5. The van der Waals surface area contributed by atoms with Gasteiger partial charge in [0.15, 0.2) is 0 Å². The summed E-state index contributed by atoms with van der Waals surface area (Å²) in [5, 5.41) is 7.85. The second-order valence-corrected chi connectivity index (χ2v) is 8.34. The molecule has 0 bridgehead atoms. The molecular weight excluding hydrogens is 438 g/mol. The van der Waals surface area contributed by atoms with Gasteiger partial charge in [-0.2, -0.15) is 0 Å². The third-order valence-electron chi connectivity index (χ3n) is 5.98. The number of para-hydroxylation sites is 1. The maximum Gasteiger partial charge on any atom is 0.272 e. The van der Waals surface area contributed by atoms with Gasteiger partial charge in [-0.3, -0.25) is 9.59 Å². The van der Waals surface area contributed by atoms with E-state index in [0.29, 0.717) is 17.0 Å². The minimum absolute atomic E-state index is 0.0848. The Bertz CT molecular complexity index is 1560. The highest BCUT2D eigenvalue weighted by Gasteiger charge is 2.17. The van der Waals surface area contributed by atoms with Crippen LogP contribution in [0.5, 0.6) is 0 Å². The summed E-state index contributed by atoms with van der Waals surface area (Å²) in [6.07, 6.45) is 3.03. The molecule has 6 heteroatoms. The summed E-state index contributed by atoms with van der Waals surface area (Å²) in [5.41, 5.74) is 4.48. The van der Waals surface area contributed by atoms with Crippen LogP contribution in [0, 0.1) is 6.92 Å². The van der Waals surface area contributed by atoms with E-state index in [-0.39, 0.29) is 11.6 Å². The number of benzene rings is 3. The number of rotatable bonds is 6. The number of fused-ring (bicyclic) bond motifs is 3. The number of carbonyl (C=O) groups excluding carboxylic acids is 2. The summed E-state index contributed by atoms with van der Waals surface area (Å²) in [7, 11) is 0. The van der Waals surface area contributed by atoms with Gasteiger partial charge in [-0.05, 0) is 62.4 Å². The van der Waals surface area contributed by atoms with E-state index in [1.807, 2.05) is 49.4 Å². The Morgan fingerprint density at radius 2 is 1.69 bits per heavy atom. The van der Waals surface area contributed by atoms with E-state index in [0.717, 1.165) is 33.9 Å². The molecule has 35 heavy (non-hydrogen) atoms. The quantitative estimate of drug-likeness (QED) is 0.298. The van der Waals surface area contributed by atoms with Crippen molar-refractivity contribution in [3.8, 4) is 0 Å². The molecule has 0 fully saturated rings. The van der Waals surface area contributed by atoms with Crippen LogP contribution in [-0.2, 0) is 11.3 Å². The second kappa shape index (κ2) is 9.35. The number of amides is 2. The maximum atomic E-state index is 13.3. The molecule has 174 valence electrons. The van der Waals surface area contributed by atoms with Crippen LogP contribution in [0.15, 0.2) is 95.2 Å². The van der Waals surface area contributed by atoms with E-state index in [2.05, 4.69) is 34.3 Å². The highest BCUT2D eigenvalue weighted by Crippen LogP contribution is 2.31. The summed E-state index contributed by atoms with van der Waals surface area (Å²) in [5.74, 6) is -0.360. The van der Waals surface area contributed by atoms with Crippen molar-refractivity contribution in [2.75, 3.05) is 5.32 Å². The predicted molar refractivity (Wildman–Crippen MR) is 139 cm³/mol. The minimum Gasteiger partial charge on any atom is -0.465 e. The van der Waals surface area contributed by atoms with Gasteiger partial charge in [0.2, 0.25) is 0 Å². The van der Waals surface area contributed by atoms with Crippen LogP contribution >= 0.6 is 0 Å². The first kappa shape index (κ1) is 22.2. The predicted octanol–water partition coefficient (Wildman–Crippen LogP) is 6.13. The Kier molecular flexibility index (Phi) is 5.94. The summed E-state index contributed by atoms with van der Waals surface area (Å²) in [4.78, 5) is 26.1. The molecule has 2 N–H and O–H groups in total. The SMILES string of the molecule is CCn1c2ccccc2c2cc(NC(=O)/C(=C/c3ccco3)NC(=O)c3ccc(C)cc3)ccc21. The zero-order valence-corrected chi connectivity index (χ0v) is 19.5. The Morgan fingerprint density at radius 3 is 2.43 bits per heavy atom. The zero-order valence-electron chi connectivity index (χ0n) is 19.5. The van der Waals surface area contributed by atoms with Crippen molar-refractivity contribution in [1.82, 2.24) is 9.88 Å². The van der Waals surface area contributed by atoms with Gasteiger partial charge in [0, 0.05) is 45.7 Å². The highest BCUT2D eigenvalue weighted by atomic mass is 16.3. The molecule has 0 saturated heterocycles. The molecule has 2 aromatic heterocycles. The zero-order chi connectivity index (χ0) is 24.4. The van der Waals surface area contributed by atoms with E-state index in [1.165, 1.54) is 12.3 Å². The fourth-order valence-corrected chi connectivity index (χ4v) is 4.24. The van der Waals surface area contributed by atoms with Crippen LogP contribution in [0.4, 0.5) is 5.69 Å². The van der Waals surface area contributed by atoms with Gasteiger partial charge in [-0.15, -0.1) is 0 Å². The summed E-state index contributed by atoms with van der Waals surface area (Å²) in [6, 6.07) is 24.7. The normalized spacial score (nSPS) is 11.7. The van der Waals surface area contributed by atoms with Crippen LogP contribution < -0.4 is 10.6 Å². The molecule has 5 aromatic rings. The topological polar surface area (TPSA) is 76.3 Å². The van der Waals surface area contributed by atoms with Crippen molar-refractivity contribution in [3.63, 3.8) is 0 Å². The number of hydrogen-bond donors (Lipinski definition) is 2. The van der Waals surface area contributed by atoms with Gasteiger partial charge in [-0.1, -0.05) is 35.9 Å². The van der Waals surface area contributed by atoms with Gasteiger partial charge < -0.3 is 19.6 Å². The van der Waals surface area contributed by atoms with Crippen molar-refractivity contribution >= 4 is 45.4 Å². The molecule has 0 unspecified atom stereocenters. The lowest BCUT2D eigenvalue weighted by molar-refractivity contribution is -0.113. The highest BCUT2D eigenvalue weighted by molar-refractivity contribution is 6.13. The number of nitrogens with one attached hydrogen (secondary N) is 2. The number of anilines is 1. The van der Waals surface area contributed by atoms with Crippen LogP contribution in [0.1, 0.15) is 28.6 Å². The Morgan fingerprint density at radius 1 is 0.914 bits per heavy atom. The van der Waals surface area contributed by atoms with Crippen molar-refractivity contribution in [2.24, 2.45) is 0 Å². The van der Waals surface area contributed by atoms with E-state index in [1.54, 1.807) is 24.3 Å². The summed E-state index contributed by atoms with van der Waals surface area (Å²) in [6.45, 7) is 4.91. The number of aromatic nitrogens is 1. The summed E-state index contributed by atoms with van der Waals surface area (Å²) < 4.78 is 7.63. The lowest BCUT2D eigenvalue weighted by Gasteiger charge is -2.11. The molecule has 0 saturated carbocycles. The average Bonchev–Trinajstić information content (AvgIpc) is 3.49. The van der Waals surface area contributed by atoms with Crippen molar-refractivity contribution < 1.29 is 14.0 Å². The molecule has 6 nitrogen and oxygen atoms in total. The molecular formula is C29H25N3O3. The largest absolute Gasteiger partial charge is 0.465 e. The molecule has 0 radical (unpaired) electrons. The van der Waals surface area contributed by atoms with E-state index >= 15 is 0 Å². The third-order valence-corrected chi connectivity index (χ3v) is 5.98. The number of aryl methyl sites for hydroxylation is 2. The molecule has 2 heterocycles. The van der Waals surface area contributed by atoms with Gasteiger partial charge in [0.1, 0.15) is 11.5 Å². The first-order valence-corrected chi connectivity index (χ1v) is 11.5. The van der Waals surface area contributed by atoms with Gasteiger partial charge >= 0.3 is 0 Å². The second-order valence-electron chi connectivity index (χ2n) is 8.34. The van der Waals surface area contributed by atoms with Crippen molar-refractivity contribution in [2.45, 2.75) is 20.4 Å². The maximum absolute atomic E-state index is 13.3. The smallest absolute Gasteiger partial charge is 0.272 e. The molecule has 0 aliphatic rings. The molecule has 2 amide bonds. The monoisotopic (exact) mass is 463 g/mol. The average molecular weight is 464 g/mol. The lowest BCUT2D eigenvalue weighted by Crippen LogP contribution is -2.30. The number of furan rings is 1. The van der Waals surface area contributed by atoms with Crippen molar-refractivity contribution in [1.29, 1.82) is 0 Å². The molecule has 0 aliphatic carbocycles. The van der Waals surface area contributed by atoms with Crippen molar-refractivity contribution in [3.05, 3.63) is 108 Å². The van der Waals surface area contributed by atoms with Crippen LogP contribution in [-0.4, -0.2) is 16.4 Å². The Balaban J connectivity index is 1.46. The standard InChI is InChI=1S/C29H25N3O3/c1-3-32-26-9-5-4-8-23(26)24-17-21(14-15-27(24)32)30-29(34)25(18-22-7-6-16-35-22)31-28(33)20-12-10-19(2)11-13-20/h4-18H,3H2,1-2H3,(H,30,34)(H,31,33)/b25-18-. The number of nitrogens with zero attached hydrogens (tertiary/aromatic N) is 1. The molecule has 5 rings (SSSR count).